The Balaban J connectivity index is 2.48. The molecule has 0 unspecified atom stereocenters. The van der Waals surface area contributed by atoms with E-state index in [2.05, 4.69) is 4.98 Å². The summed E-state index contributed by atoms with van der Waals surface area (Å²) in [4.78, 5) is 26.2. The molecule has 1 aromatic heterocycles. The zero-order valence-electron chi connectivity index (χ0n) is 9.42. The zero-order valence-corrected chi connectivity index (χ0v) is 12.3. The van der Waals surface area contributed by atoms with Gasteiger partial charge >= 0.3 is 0 Å². The third-order valence-corrected chi connectivity index (χ3v) is 3.41. The number of nitro groups is 1. The summed E-state index contributed by atoms with van der Waals surface area (Å²) >= 11 is 7.70. The van der Waals surface area contributed by atoms with E-state index in [0.717, 1.165) is 0 Å². The third kappa shape index (κ3) is 3.10. The van der Waals surface area contributed by atoms with Crippen molar-refractivity contribution in [3.05, 3.63) is 65.3 Å². The summed E-state index contributed by atoms with van der Waals surface area (Å²) in [6, 6.07) is 4.25. The van der Waals surface area contributed by atoms with Crippen molar-refractivity contribution in [2.75, 3.05) is 0 Å². The van der Waals surface area contributed by atoms with Crippen molar-refractivity contribution in [2.24, 2.45) is 0 Å². The quantitative estimate of drug-likeness (QED) is 0.457. The van der Waals surface area contributed by atoms with Crippen LogP contribution in [-0.4, -0.2) is 14.5 Å². The van der Waals surface area contributed by atoms with Crippen LogP contribution in [0.1, 0.15) is 5.56 Å². The fraction of sp³-hybridized carbons (Fsp3) is 0.0909. The molecule has 98 valence electrons. The molecule has 0 saturated heterocycles. The molecule has 0 amide bonds. The molecule has 0 bridgehead atoms. The topological polar surface area (TPSA) is 78.0 Å². The Morgan fingerprint density at radius 2 is 2.21 bits per heavy atom. The molecule has 0 atom stereocenters. The van der Waals surface area contributed by atoms with E-state index in [1.165, 1.54) is 35.3 Å². The van der Waals surface area contributed by atoms with Crippen LogP contribution in [0.5, 0.6) is 0 Å². The lowest BCUT2D eigenvalue weighted by Crippen LogP contribution is -2.23. The van der Waals surface area contributed by atoms with Crippen LogP contribution in [0.25, 0.3) is 0 Å². The van der Waals surface area contributed by atoms with Crippen LogP contribution in [-0.2, 0) is 6.54 Å². The third-order valence-electron chi connectivity index (χ3n) is 2.44. The van der Waals surface area contributed by atoms with E-state index < -0.39 is 4.92 Å². The van der Waals surface area contributed by atoms with Gasteiger partial charge in [-0.25, -0.2) is 4.98 Å². The van der Waals surface area contributed by atoms with Gasteiger partial charge in [-0.1, -0.05) is 11.6 Å². The van der Waals surface area contributed by atoms with Gasteiger partial charge in [-0.2, -0.15) is 0 Å². The van der Waals surface area contributed by atoms with Crippen LogP contribution in [0.2, 0.25) is 5.02 Å². The highest BCUT2D eigenvalue weighted by molar-refractivity contribution is 14.1. The van der Waals surface area contributed by atoms with Crippen LogP contribution in [0.4, 0.5) is 5.69 Å². The van der Waals surface area contributed by atoms with Gasteiger partial charge < -0.3 is 0 Å². The van der Waals surface area contributed by atoms with Crippen LogP contribution in [0.3, 0.4) is 0 Å². The van der Waals surface area contributed by atoms with Crippen molar-refractivity contribution in [2.45, 2.75) is 6.54 Å². The Morgan fingerprint density at radius 3 is 2.89 bits per heavy atom. The van der Waals surface area contributed by atoms with E-state index in [9.17, 15) is 14.9 Å². The normalized spacial score (nSPS) is 10.4. The van der Waals surface area contributed by atoms with E-state index in [-0.39, 0.29) is 17.8 Å². The summed E-state index contributed by atoms with van der Waals surface area (Å²) < 4.78 is 1.75. The van der Waals surface area contributed by atoms with E-state index >= 15 is 0 Å². The standard InChI is InChI=1S/C11H7ClIN3O3/c12-8-1-2-10(16(18)19)7(3-8)5-15-6-14-4-9(13)11(15)17/h1-4,6H,5H2. The number of aromatic nitrogens is 2. The highest BCUT2D eigenvalue weighted by Gasteiger charge is 2.15. The molecular formula is C11H7ClIN3O3. The number of rotatable bonds is 3. The molecule has 2 rings (SSSR count). The van der Waals surface area contributed by atoms with E-state index in [0.29, 0.717) is 14.2 Å². The van der Waals surface area contributed by atoms with E-state index in [4.69, 9.17) is 11.6 Å². The lowest BCUT2D eigenvalue weighted by molar-refractivity contribution is -0.385. The first kappa shape index (κ1) is 13.9. The second-order valence-corrected chi connectivity index (χ2v) is 5.30. The minimum absolute atomic E-state index is 0.0551. The maximum atomic E-state index is 11.9. The number of hydrogen-bond donors (Lipinski definition) is 0. The van der Waals surface area contributed by atoms with E-state index in [1.54, 1.807) is 0 Å². The molecule has 0 spiro atoms. The first-order valence-corrected chi connectivity index (χ1v) is 6.57. The molecule has 0 aliphatic rings. The maximum Gasteiger partial charge on any atom is 0.274 e. The minimum atomic E-state index is -0.502. The summed E-state index contributed by atoms with van der Waals surface area (Å²) in [6.07, 6.45) is 2.78. The Kier molecular flexibility index (Phi) is 4.15. The smallest absolute Gasteiger partial charge is 0.274 e. The van der Waals surface area contributed by atoms with Crippen LogP contribution in [0.15, 0.2) is 35.5 Å². The van der Waals surface area contributed by atoms with Gasteiger partial charge in [-0.15, -0.1) is 0 Å². The van der Waals surface area contributed by atoms with Gasteiger partial charge in [-0.05, 0) is 34.7 Å². The van der Waals surface area contributed by atoms with Crippen LogP contribution < -0.4 is 5.56 Å². The molecule has 1 heterocycles. The molecule has 0 N–H and O–H groups in total. The highest BCUT2D eigenvalue weighted by atomic mass is 127. The van der Waals surface area contributed by atoms with Crippen LogP contribution >= 0.6 is 34.2 Å². The van der Waals surface area contributed by atoms with Gasteiger partial charge in [0, 0.05) is 17.3 Å². The molecule has 0 aliphatic heterocycles. The molecule has 6 nitrogen and oxygen atoms in total. The Labute approximate surface area is 126 Å². The number of benzene rings is 1. The second-order valence-electron chi connectivity index (χ2n) is 3.70. The number of halogens is 2. The van der Waals surface area contributed by atoms with Crippen molar-refractivity contribution in [3.63, 3.8) is 0 Å². The summed E-state index contributed by atoms with van der Waals surface area (Å²) in [6.45, 7) is 0.0551. The molecule has 8 heteroatoms. The summed E-state index contributed by atoms with van der Waals surface area (Å²) in [5.74, 6) is 0. The van der Waals surface area contributed by atoms with Gasteiger partial charge in [0.15, 0.2) is 0 Å². The fourth-order valence-corrected chi connectivity index (χ4v) is 2.24. The van der Waals surface area contributed by atoms with Crippen molar-refractivity contribution >= 4 is 39.9 Å². The summed E-state index contributed by atoms with van der Waals surface area (Å²) in [5, 5.41) is 11.3. The molecular weight excluding hydrogens is 384 g/mol. The predicted molar refractivity (Wildman–Crippen MR) is 78.4 cm³/mol. The molecule has 1 aromatic carbocycles. The first-order chi connectivity index (χ1) is 8.99. The average molecular weight is 392 g/mol. The zero-order chi connectivity index (χ0) is 14.0. The predicted octanol–water partition coefficient (Wildman–Crippen LogP) is 2.46. The first-order valence-electron chi connectivity index (χ1n) is 5.12. The molecule has 0 fully saturated rings. The SMILES string of the molecule is O=c1c(I)cncn1Cc1cc(Cl)ccc1[N+](=O)[O-]. The largest absolute Gasteiger partial charge is 0.294 e. The molecule has 19 heavy (non-hydrogen) atoms. The summed E-state index contributed by atoms with van der Waals surface area (Å²) in [7, 11) is 0. The van der Waals surface area contributed by atoms with Crippen LogP contribution in [0, 0.1) is 13.7 Å². The van der Waals surface area contributed by atoms with Gasteiger partial charge in [0.25, 0.3) is 11.2 Å². The molecule has 2 aromatic rings. The highest BCUT2D eigenvalue weighted by Crippen LogP contribution is 2.23. The van der Waals surface area contributed by atoms with Crippen molar-refractivity contribution in [3.8, 4) is 0 Å². The minimum Gasteiger partial charge on any atom is -0.294 e. The monoisotopic (exact) mass is 391 g/mol. The summed E-state index contributed by atoms with van der Waals surface area (Å²) in [5.41, 5.74) is 0.0448. The molecule has 0 saturated carbocycles. The molecule has 0 radical (unpaired) electrons. The Morgan fingerprint density at radius 1 is 1.47 bits per heavy atom. The number of hydrogen-bond acceptors (Lipinski definition) is 4. The van der Waals surface area contributed by atoms with Crippen molar-refractivity contribution in [1.29, 1.82) is 0 Å². The lowest BCUT2D eigenvalue weighted by atomic mass is 10.2. The van der Waals surface area contributed by atoms with Crippen molar-refractivity contribution in [1.82, 2.24) is 9.55 Å². The van der Waals surface area contributed by atoms with Gasteiger partial charge in [0.1, 0.15) is 0 Å². The van der Waals surface area contributed by atoms with Gasteiger partial charge in [-0.3, -0.25) is 19.5 Å². The van der Waals surface area contributed by atoms with Gasteiger partial charge in [0.2, 0.25) is 0 Å². The van der Waals surface area contributed by atoms with E-state index in [1.807, 2.05) is 22.6 Å². The number of nitrogens with zero attached hydrogens (tertiary/aromatic N) is 3. The molecule has 0 aliphatic carbocycles. The average Bonchev–Trinajstić information content (AvgIpc) is 2.35. The van der Waals surface area contributed by atoms with Crippen molar-refractivity contribution < 1.29 is 4.92 Å². The lowest BCUT2D eigenvalue weighted by Gasteiger charge is -2.06. The van der Waals surface area contributed by atoms with Gasteiger partial charge in [0.05, 0.1) is 26.9 Å². The Bertz CT molecular complexity index is 702. The number of nitro benzene ring substituents is 1. The fourth-order valence-electron chi connectivity index (χ4n) is 1.58. The Hall–Kier alpha value is -1.48. The maximum absolute atomic E-state index is 11.9. The second kappa shape index (κ2) is 5.66.